The minimum absolute atomic E-state index is 0.00810. The van der Waals surface area contributed by atoms with Gasteiger partial charge in [0.1, 0.15) is 5.69 Å². The number of anilines is 1. The molecule has 3 aromatic rings. The second-order valence-corrected chi connectivity index (χ2v) is 6.19. The molecule has 0 saturated heterocycles. The molecule has 0 saturated carbocycles. The minimum atomic E-state index is -1.11. The maximum Gasteiger partial charge on any atom is 0.352 e. The highest BCUT2D eigenvalue weighted by molar-refractivity contribution is 6.31. The molecule has 0 aliphatic heterocycles. The first kappa shape index (κ1) is 17.0. The molecule has 0 aliphatic carbocycles. The molecular weight excluding hydrogens is 340 g/mol. The molecule has 6 heteroatoms. The first-order chi connectivity index (χ1) is 12.0. The molecule has 0 atom stereocenters. The van der Waals surface area contributed by atoms with Gasteiger partial charge in [0, 0.05) is 27.2 Å². The number of aromatic nitrogens is 1. The summed E-state index contributed by atoms with van der Waals surface area (Å²) in [5.41, 5.74) is 2.92. The zero-order valence-electron chi connectivity index (χ0n) is 13.6. The van der Waals surface area contributed by atoms with Crippen LogP contribution in [0.1, 0.15) is 28.5 Å². The SMILES string of the molecule is CCc1ccc(NC(=O)Cc2c(C(=O)O)[nH]c3ccc(Cl)cc23)cc1. The van der Waals surface area contributed by atoms with Gasteiger partial charge in [-0.05, 0) is 42.3 Å². The first-order valence-electron chi connectivity index (χ1n) is 7.90. The lowest BCUT2D eigenvalue weighted by molar-refractivity contribution is -0.115. The third kappa shape index (κ3) is 3.67. The predicted octanol–water partition coefficient (Wildman–Crippen LogP) is 4.26. The Morgan fingerprint density at radius 2 is 1.88 bits per heavy atom. The molecule has 0 spiro atoms. The monoisotopic (exact) mass is 356 g/mol. The Bertz CT molecular complexity index is 945. The molecule has 3 N–H and O–H groups in total. The molecule has 1 aromatic heterocycles. The van der Waals surface area contributed by atoms with Gasteiger partial charge in [-0.15, -0.1) is 0 Å². The van der Waals surface area contributed by atoms with Crippen molar-refractivity contribution in [3.8, 4) is 0 Å². The number of rotatable bonds is 5. The van der Waals surface area contributed by atoms with Crippen LogP contribution in [-0.4, -0.2) is 22.0 Å². The van der Waals surface area contributed by atoms with Gasteiger partial charge in [-0.3, -0.25) is 4.79 Å². The molecule has 1 amide bonds. The number of aryl methyl sites for hydroxylation is 1. The van der Waals surface area contributed by atoms with Crippen LogP contribution < -0.4 is 5.32 Å². The molecular formula is C19H17ClN2O3. The molecule has 0 radical (unpaired) electrons. The fourth-order valence-corrected chi connectivity index (χ4v) is 2.95. The maximum absolute atomic E-state index is 12.4. The van der Waals surface area contributed by atoms with Crippen molar-refractivity contribution in [2.75, 3.05) is 5.32 Å². The number of aromatic amines is 1. The van der Waals surface area contributed by atoms with Crippen LogP contribution in [0.4, 0.5) is 5.69 Å². The molecule has 1 heterocycles. The van der Waals surface area contributed by atoms with Crippen molar-refractivity contribution < 1.29 is 14.7 Å². The molecule has 3 rings (SSSR count). The number of fused-ring (bicyclic) bond motifs is 1. The lowest BCUT2D eigenvalue weighted by Crippen LogP contribution is -2.16. The summed E-state index contributed by atoms with van der Waals surface area (Å²) in [7, 11) is 0. The van der Waals surface area contributed by atoms with Gasteiger partial charge in [-0.2, -0.15) is 0 Å². The van der Waals surface area contributed by atoms with Gasteiger partial charge in [0.2, 0.25) is 5.91 Å². The molecule has 0 fully saturated rings. The Labute approximate surface area is 149 Å². The van der Waals surface area contributed by atoms with E-state index in [2.05, 4.69) is 17.2 Å². The van der Waals surface area contributed by atoms with E-state index >= 15 is 0 Å². The van der Waals surface area contributed by atoms with E-state index in [9.17, 15) is 14.7 Å². The van der Waals surface area contributed by atoms with E-state index in [0.29, 0.717) is 27.2 Å². The van der Waals surface area contributed by atoms with Gasteiger partial charge in [-0.1, -0.05) is 30.7 Å². The lowest BCUT2D eigenvalue weighted by Gasteiger charge is -2.07. The van der Waals surface area contributed by atoms with Gasteiger partial charge >= 0.3 is 5.97 Å². The van der Waals surface area contributed by atoms with Crippen LogP contribution in [0.2, 0.25) is 5.02 Å². The normalized spacial score (nSPS) is 10.8. The third-order valence-corrected chi connectivity index (χ3v) is 4.30. The third-order valence-electron chi connectivity index (χ3n) is 4.07. The van der Waals surface area contributed by atoms with Gasteiger partial charge in [-0.25, -0.2) is 4.79 Å². The van der Waals surface area contributed by atoms with Gasteiger partial charge in [0.15, 0.2) is 0 Å². The zero-order valence-corrected chi connectivity index (χ0v) is 14.4. The molecule has 0 unspecified atom stereocenters. The van der Waals surface area contributed by atoms with Crippen LogP contribution >= 0.6 is 11.6 Å². The Kier molecular flexibility index (Phi) is 4.76. The second-order valence-electron chi connectivity index (χ2n) is 5.75. The van der Waals surface area contributed by atoms with Crippen LogP contribution in [0.15, 0.2) is 42.5 Å². The summed E-state index contributed by atoms with van der Waals surface area (Å²) in [5.74, 6) is -1.39. The van der Waals surface area contributed by atoms with Crippen molar-refractivity contribution in [2.24, 2.45) is 0 Å². The summed E-state index contributed by atoms with van der Waals surface area (Å²) in [6.07, 6.45) is 0.865. The van der Waals surface area contributed by atoms with Crippen molar-refractivity contribution in [3.05, 3.63) is 64.3 Å². The van der Waals surface area contributed by atoms with Crippen LogP contribution in [0.3, 0.4) is 0 Å². The van der Waals surface area contributed by atoms with Gasteiger partial charge in [0.05, 0.1) is 6.42 Å². The first-order valence-corrected chi connectivity index (χ1v) is 8.28. The van der Waals surface area contributed by atoms with Crippen molar-refractivity contribution in [3.63, 3.8) is 0 Å². The number of carboxylic acids is 1. The lowest BCUT2D eigenvalue weighted by atomic mass is 10.1. The molecule has 0 bridgehead atoms. The van der Waals surface area contributed by atoms with E-state index in [1.54, 1.807) is 18.2 Å². The molecule has 5 nitrogen and oxygen atoms in total. The van der Waals surface area contributed by atoms with E-state index in [1.165, 1.54) is 5.56 Å². The summed E-state index contributed by atoms with van der Waals surface area (Å²) in [6.45, 7) is 2.06. The number of nitrogens with one attached hydrogen (secondary N) is 2. The highest BCUT2D eigenvalue weighted by atomic mass is 35.5. The maximum atomic E-state index is 12.4. The van der Waals surface area contributed by atoms with E-state index < -0.39 is 5.97 Å². The van der Waals surface area contributed by atoms with E-state index in [-0.39, 0.29) is 18.0 Å². The molecule has 25 heavy (non-hydrogen) atoms. The van der Waals surface area contributed by atoms with Crippen LogP contribution in [-0.2, 0) is 17.6 Å². The minimum Gasteiger partial charge on any atom is -0.477 e. The predicted molar refractivity (Wildman–Crippen MR) is 98.4 cm³/mol. The fraction of sp³-hybridized carbons (Fsp3) is 0.158. The summed E-state index contributed by atoms with van der Waals surface area (Å²) < 4.78 is 0. The van der Waals surface area contributed by atoms with Crippen molar-refractivity contribution in [1.29, 1.82) is 0 Å². The topological polar surface area (TPSA) is 82.2 Å². The van der Waals surface area contributed by atoms with E-state index in [1.807, 2.05) is 24.3 Å². The largest absolute Gasteiger partial charge is 0.477 e. The van der Waals surface area contributed by atoms with Gasteiger partial charge in [0.25, 0.3) is 0 Å². The average Bonchev–Trinajstić information content (AvgIpc) is 2.93. The standard InChI is InChI=1S/C19H17ClN2O3/c1-2-11-3-6-13(7-4-11)21-17(23)10-15-14-9-12(20)5-8-16(14)22-18(15)19(24)25/h3-9,22H,2,10H2,1H3,(H,21,23)(H,24,25). The van der Waals surface area contributed by atoms with Crippen molar-refractivity contribution in [1.82, 2.24) is 4.98 Å². The van der Waals surface area contributed by atoms with E-state index in [0.717, 1.165) is 6.42 Å². The number of H-pyrrole nitrogens is 1. The molecule has 0 aliphatic rings. The van der Waals surface area contributed by atoms with Crippen molar-refractivity contribution >= 4 is 40.1 Å². The van der Waals surface area contributed by atoms with Crippen LogP contribution in [0.5, 0.6) is 0 Å². The molecule has 2 aromatic carbocycles. The Balaban J connectivity index is 1.87. The number of amides is 1. The number of carboxylic acid groups (broad SMARTS) is 1. The van der Waals surface area contributed by atoms with Gasteiger partial charge < -0.3 is 15.4 Å². The Hall–Kier alpha value is -2.79. The van der Waals surface area contributed by atoms with Crippen molar-refractivity contribution in [2.45, 2.75) is 19.8 Å². The number of carbonyl (C=O) groups excluding carboxylic acids is 1. The van der Waals surface area contributed by atoms with Crippen LogP contribution in [0, 0.1) is 0 Å². The molecule has 128 valence electrons. The quantitative estimate of drug-likeness (QED) is 0.638. The Morgan fingerprint density at radius 1 is 1.16 bits per heavy atom. The van der Waals surface area contributed by atoms with Crippen LogP contribution in [0.25, 0.3) is 10.9 Å². The summed E-state index contributed by atoms with van der Waals surface area (Å²) in [6, 6.07) is 12.6. The summed E-state index contributed by atoms with van der Waals surface area (Å²) >= 11 is 6.01. The fourth-order valence-electron chi connectivity index (χ4n) is 2.78. The number of benzene rings is 2. The Morgan fingerprint density at radius 3 is 2.52 bits per heavy atom. The summed E-state index contributed by atoms with van der Waals surface area (Å²) in [5, 5.41) is 13.3. The highest BCUT2D eigenvalue weighted by Crippen LogP contribution is 2.26. The highest BCUT2D eigenvalue weighted by Gasteiger charge is 2.19. The average molecular weight is 357 g/mol. The number of hydrogen-bond acceptors (Lipinski definition) is 2. The second kappa shape index (κ2) is 6.99. The summed E-state index contributed by atoms with van der Waals surface area (Å²) in [4.78, 5) is 26.7. The number of carbonyl (C=O) groups is 2. The zero-order chi connectivity index (χ0) is 18.0. The smallest absolute Gasteiger partial charge is 0.352 e. The number of halogens is 1. The number of aromatic carboxylic acids is 1. The van der Waals surface area contributed by atoms with E-state index in [4.69, 9.17) is 11.6 Å². The number of hydrogen-bond donors (Lipinski definition) is 3.